The highest BCUT2D eigenvalue weighted by atomic mass is 79.9. The van der Waals surface area contributed by atoms with Crippen molar-refractivity contribution in [1.29, 1.82) is 0 Å². The van der Waals surface area contributed by atoms with Crippen molar-refractivity contribution in [3.8, 4) is 0 Å². The van der Waals surface area contributed by atoms with Crippen LogP contribution < -0.4 is 0 Å². The lowest BCUT2D eigenvalue weighted by atomic mass is 9.88. The second-order valence-electron chi connectivity index (χ2n) is 4.55. The van der Waals surface area contributed by atoms with Crippen LogP contribution in [0.25, 0.3) is 0 Å². The molecule has 2 nitrogen and oxygen atoms in total. The first kappa shape index (κ1) is 12.5. The highest BCUT2D eigenvalue weighted by Gasteiger charge is 2.20. The normalized spacial score (nSPS) is 15.3. The van der Waals surface area contributed by atoms with Gasteiger partial charge in [-0.25, -0.2) is 0 Å². The van der Waals surface area contributed by atoms with Crippen LogP contribution in [0.1, 0.15) is 32.5 Å². The van der Waals surface area contributed by atoms with E-state index in [2.05, 4.69) is 54.4 Å². The third kappa shape index (κ3) is 3.20. The van der Waals surface area contributed by atoms with Crippen molar-refractivity contribution in [2.75, 3.05) is 5.33 Å². The summed E-state index contributed by atoms with van der Waals surface area (Å²) in [4.78, 5) is 0. The van der Waals surface area contributed by atoms with Gasteiger partial charge < -0.3 is 0 Å². The Morgan fingerprint density at radius 1 is 1.67 bits per heavy atom. The van der Waals surface area contributed by atoms with Gasteiger partial charge in [0.2, 0.25) is 0 Å². The van der Waals surface area contributed by atoms with Crippen molar-refractivity contribution in [2.45, 2.75) is 33.2 Å². The molecule has 0 aliphatic heterocycles. The minimum Gasteiger partial charge on any atom is -0.270 e. The lowest BCUT2D eigenvalue weighted by Crippen LogP contribution is -2.18. The van der Waals surface area contributed by atoms with Crippen LogP contribution >= 0.6 is 15.9 Å². The third-order valence-corrected chi connectivity index (χ3v) is 3.86. The zero-order valence-electron chi connectivity index (χ0n) is 9.70. The Balaban J connectivity index is 2.76. The molecule has 1 aromatic rings. The van der Waals surface area contributed by atoms with Crippen LogP contribution in [0, 0.1) is 5.41 Å². The Labute approximate surface area is 101 Å². The van der Waals surface area contributed by atoms with Crippen LogP contribution in [0.3, 0.4) is 0 Å². The number of hydrogen-bond acceptors (Lipinski definition) is 1. The zero-order valence-corrected chi connectivity index (χ0v) is 11.3. The van der Waals surface area contributed by atoms with E-state index < -0.39 is 0 Å². The molecule has 1 unspecified atom stereocenters. The summed E-state index contributed by atoms with van der Waals surface area (Å²) < 4.78 is 1.99. The fraction of sp³-hybridized carbons (Fsp3) is 0.583. The molecular formula is C12H19BrN2. The van der Waals surface area contributed by atoms with E-state index in [1.165, 1.54) is 0 Å². The molecule has 1 aromatic heterocycles. The fourth-order valence-corrected chi connectivity index (χ4v) is 1.77. The van der Waals surface area contributed by atoms with E-state index >= 15 is 0 Å². The topological polar surface area (TPSA) is 17.8 Å². The standard InChI is InChI=1S/C12H19BrN2/c1-5-12(4,9-13)8-11-6-7-15(14-11)10(2)3/h5-7,10H,1,8-9H2,2-4H3. The van der Waals surface area contributed by atoms with E-state index in [0.717, 1.165) is 17.4 Å². The second-order valence-corrected chi connectivity index (χ2v) is 5.11. The maximum atomic E-state index is 4.54. The van der Waals surface area contributed by atoms with Gasteiger partial charge in [-0.3, -0.25) is 4.68 Å². The fourth-order valence-electron chi connectivity index (χ4n) is 1.35. The minimum absolute atomic E-state index is 0.0934. The summed E-state index contributed by atoms with van der Waals surface area (Å²) in [5.41, 5.74) is 1.22. The predicted molar refractivity (Wildman–Crippen MR) is 68.4 cm³/mol. The molecule has 15 heavy (non-hydrogen) atoms. The van der Waals surface area contributed by atoms with Gasteiger partial charge in [0, 0.05) is 29.4 Å². The van der Waals surface area contributed by atoms with Gasteiger partial charge >= 0.3 is 0 Å². The van der Waals surface area contributed by atoms with Gasteiger partial charge in [-0.2, -0.15) is 5.10 Å². The van der Waals surface area contributed by atoms with Crippen LogP contribution in [0.5, 0.6) is 0 Å². The molecule has 0 aromatic carbocycles. The van der Waals surface area contributed by atoms with Crippen molar-refractivity contribution < 1.29 is 0 Å². The van der Waals surface area contributed by atoms with Crippen LogP contribution in [0.2, 0.25) is 0 Å². The van der Waals surface area contributed by atoms with E-state index in [-0.39, 0.29) is 5.41 Å². The first-order valence-electron chi connectivity index (χ1n) is 5.24. The lowest BCUT2D eigenvalue weighted by molar-refractivity contribution is 0.470. The van der Waals surface area contributed by atoms with Crippen molar-refractivity contribution in [2.24, 2.45) is 5.41 Å². The monoisotopic (exact) mass is 270 g/mol. The second kappa shape index (κ2) is 4.97. The molecule has 0 amide bonds. The Hall–Kier alpha value is -0.570. The largest absolute Gasteiger partial charge is 0.270 e. The van der Waals surface area contributed by atoms with Crippen LogP contribution in [-0.4, -0.2) is 15.1 Å². The zero-order chi connectivity index (χ0) is 11.5. The third-order valence-electron chi connectivity index (χ3n) is 2.58. The van der Waals surface area contributed by atoms with Crippen molar-refractivity contribution in [3.63, 3.8) is 0 Å². The smallest absolute Gasteiger partial charge is 0.0633 e. The van der Waals surface area contributed by atoms with Crippen LogP contribution in [0.4, 0.5) is 0 Å². The first-order chi connectivity index (χ1) is 7.00. The number of halogens is 1. The Bertz CT molecular complexity index is 330. The molecular weight excluding hydrogens is 252 g/mol. The highest BCUT2D eigenvalue weighted by Crippen LogP contribution is 2.25. The summed E-state index contributed by atoms with van der Waals surface area (Å²) in [5, 5.41) is 5.45. The molecule has 0 N–H and O–H groups in total. The Morgan fingerprint density at radius 2 is 2.33 bits per heavy atom. The van der Waals surface area contributed by atoms with Gasteiger partial charge in [0.25, 0.3) is 0 Å². The van der Waals surface area contributed by atoms with E-state index in [0.29, 0.717) is 6.04 Å². The van der Waals surface area contributed by atoms with Gasteiger partial charge in [-0.15, -0.1) is 6.58 Å². The van der Waals surface area contributed by atoms with Gasteiger partial charge in [0.05, 0.1) is 5.69 Å². The minimum atomic E-state index is 0.0934. The number of hydrogen-bond donors (Lipinski definition) is 0. The molecule has 0 aliphatic carbocycles. The highest BCUT2D eigenvalue weighted by molar-refractivity contribution is 9.09. The molecule has 0 fully saturated rings. The van der Waals surface area contributed by atoms with E-state index in [9.17, 15) is 0 Å². The van der Waals surface area contributed by atoms with Gasteiger partial charge in [0.1, 0.15) is 0 Å². The maximum absolute atomic E-state index is 4.54. The lowest BCUT2D eigenvalue weighted by Gasteiger charge is -2.21. The summed E-state index contributed by atoms with van der Waals surface area (Å²) in [6.45, 7) is 10.3. The molecule has 1 atom stereocenters. The van der Waals surface area contributed by atoms with Crippen molar-refractivity contribution in [3.05, 3.63) is 30.6 Å². The van der Waals surface area contributed by atoms with Crippen LogP contribution in [-0.2, 0) is 6.42 Å². The number of aromatic nitrogens is 2. The van der Waals surface area contributed by atoms with E-state index in [1.54, 1.807) is 0 Å². The summed E-state index contributed by atoms with van der Waals surface area (Å²) in [5.74, 6) is 0. The maximum Gasteiger partial charge on any atom is 0.0633 e. The number of allylic oxidation sites excluding steroid dienone is 1. The first-order valence-corrected chi connectivity index (χ1v) is 6.36. The molecule has 0 spiro atoms. The van der Waals surface area contributed by atoms with Crippen molar-refractivity contribution >= 4 is 15.9 Å². The van der Waals surface area contributed by atoms with Gasteiger partial charge in [0.15, 0.2) is 0 Å². The van der Waals surface area contributed by atoms with Crippen molar-refractivity contribution in [1.82, 2.24) is 9.78 Å². The quantitative estimate of drug-likeness (QED) is 0.591. The molecule has 1 rings (SSSR count). The molecule has 1 heterocycles. The summed E-state index contributed by atoms with van der Waals surface area (Å²) >= 11 is 3.52. The molecule has 0 saturated heterocycles. The van der Waals surface area contributed by atoms with E-state index in [1.807, 2.05) is 17.0 Å². The summed E-state index contributed by atoms with van der Waals surface area (Å²) in [6, 6.07) is 2.52. The molecule has 0 aliphatic rings. The average molecular weight is 271 g/mol. The van der Waals surface area contributed by atoms with Crippen LogP contribution in [0.15, 0.2) is 24.9 Å². The predicted octanol–water partition coefficient (Wildman–Crippen LogP) is 3.59. The molecule has 84 valence electrons. The molecule has 0 radical (unpaired) electrons. The molecule has 0 saturated carbocycles. The van der Waals surface area contributed by atoms with Gasteiger partial charge in [-0.1, -0.05) is 28.9 Å². The molecule has 3 heteroatoms. The number of rotatable bonds is 5. The SMILES string of the molecule is C=CC(C)(CBr)Cc1ccn(C(C)C)n1. The van der Waals surface area contributed by atoms with E-state index in [4.69, 9.17) is 0 Å². The average Bonchev–Trinajstić information content (AvgIpc) is 2.66. The molecule has 0 bridgehead atoms. The summed E-state index contributed by atoms with van der Waals surface area (Å²) in [6.07, 6.45) is 4.97. The Morgan fingerprint density at radius 3 is 2.73 bits per heavy atom. The number of nitrogens with zero attached hydrogens (tertiary/aromatic N) is 2. The summed E-state index contributed by atoms with van der Waals surface area (Å²) in [7, 11) is 0. The Kier molecular flexibility index (Phi) is 4.14. The number of alkyl halides is 1. The van der Waals surface area contributed by atoms with Gasteiger partial charge in [-0.05, 0) is 19.9 Å².